The molecule has 0 saturated heterocycles. The molecule has 4 saturated carbocycles. The number of hydrogen-bond donors (Lipinski definition) is 0. The lowest BCUT2D eigenvalue weighted by atomic mass is 9.44. The van der Waals surface area contributed by atoms with Crippen LogP contribution in [0.2, 0.25) is 18.1 Å². The van der Waals surface area contributed by atoms with Crippen LogP contribution in [0.5, 0.6) is 0 Å². The summed E-state index contributed by atoms with van der Waals surface area (Å²) in [4.78, 5) is 0. The first-order valence-electron chi connectivity index (χ1n) is 12.6. The third kappa shape index (κ3) is 3.38. The van der Waals surface area contributed by atoms with E-state index in [0.717, 1.165) is 23.7 Å². The van der Waals surface area contributed by atoms with Gasteiger partial charge < -0.3 is 4.43 Å². The zero-order chi connectivity index (χ0) is 21.2. The molecule has 0 bridgehead atoms. The van der Waals surface area contributed by atoms with Crippen molar-refractivity contribution in [3.8, 4) is 12.3 Å². The van der Waals surface area contributed by atoms with Gasteiger partial charge in [0.1, 0.15) is 0 Å². The Kier molecular flexibility index (Phi) is 5.40. The van der Waals surface area contributed by atoms with E-state index in [-0.39, 0.29) is 0 Å². The lowest BCUT2D eigenvalue weighted by molar-refractivity contribution is -0.122. The lowest BCUT2D eigenvalue weighted by Crippen LogP contribution is -2.55. The second-order valence-electron chi connectivity index (χ2n) is 13.3. The Morgan fingerprint density at radius 2 is 1.55 bits per heavy atom. The first-order chi connectivity index (χ1) is 13.4. The van der Waals surface area contributed by atoms with Crippen LogP contribution in [0, 0.1) is 52.8 Å². The van der Waals surface area contributed by atoms with Gasteiger partial charge in [0.25, 0.3) is 0 Å². The molecular weight excluding hydrogens is 368 g/mol. The fourth-order valence-electron chi connectivity index (χ4n) is 8.19. The highest BCUT2D eigenvalue weighted by Crippen LogP contribution is 2.67. The molecule has 0 aromatic rings. The van der Waals surface area contributed by atoms with Gasteiger partial charge in [-0.25, -0.2) is 0 Å². The van der Waals surface area contributed by atoms with Gasteiger partial charge >= 0.3 is 0 Å². The van der Waals surface area contributed by atoms with Crippen LogP contribution >= 0.6 is 0 Å². The molecule has 29 heavy (non-hydrogen) atoms. The minimum Gasteiger partial charge on any atom is -0.414 e. The van der Waals surface area contributed by atoms with Gasteiger partial charge in [0, 0.05) is 12.0 Å². The highest BCUT2D eigenvalue weighted by Gasteiger charge is 2.60. The van der Waals surface area contributed by atoms with Crippen LogP contribution in [-0.4, -0.2) is 14.4 Å². The van der Waals surface area contributed by atoms with Crippen LogP contribution in [0.25, 0.3) is 0 Å². The van der Waals surface area contributed by atoms with Crippen molar-refractivity contribution in [1.29, 1.82) is 0 Å². The Morgan fingerprint density at radius 3 is 2.21 bits per heavy atom. The summed E-state index contributed by atoms with van der Waals surface area (Å²) in [6, 6.07) is 0. The van der Waals surface area contributed by atoms with Gasteiger partial charge in [-0.2, -0.15) is 0 Å². The van der Waals surface area contributed by atoms with Crippen LogP contribution in [0.4, 0.5) is 0 Å². The predicted molar refractivity (Wildman–Crippen MR) is 126 cm³/mol. The maximum Gasteiger partial charge on any atom is 0.192 e. The van der Waals surface area contributed by atoms with Crippen molar-refractivity contribution in [2.45, 2.75) is 117 Å². The number of fused-ring (bicyclic) bond motifs is 5. The van der Waals surface area contributed by atoms with Gasteiger partial charge in [-0.05, 0) is 110 Å². The normalized spacial score (nSPS) is 47.7. The smallest absolute Gasteiger partial charge is 0.192 e. The van der Waals surface area contributed by atoms with E-state index >= 15 is 0 Å². The first-order valence-corrected chi connectivity index (χ1v) is 15.5. The van der Waals surface area contributed by atoms with E-state index in [2.05, 4.69) is 53.6 Å². The van der Waals surface area contributed by atoms with Gasteiger partial charge in [-0.3, -0.25) is 0 Å². The monoisotopic (exact) mass is 414 g/mol. The van der Waals surface area contributed by atoms with Crippen LogP contribution in [-0.2, 0) is 4.43 Å². The van der Waals surface area contributed by atoms with Crippen LogP contribution < -0.4 is 0 Å². The average Bonchev–Trinajstić information content (AvgIpc) is 2.97. The van der Waals surface area contributed by atoms with Crippen molar-refractivity contribution < 1.29 is 4.43 Å². The Hall–Kier alpha value is -0.263. The van der Waals surface area contributed by atoms with Crippen molar-refractivity contribution in [2.75, 3.05) is 0 Å². The van der Waals surface area contributed by atoms with Gasteiger partial charge in [0.05, 0.1) is 0 Å². The first kappa shape index (κ1) is 21.9. The van der Waals surface area contributed by atoms with Crippen molar-refractivity contribution in [3.63, 3.8) is 0 Å². The molecule has 0 aliphatic heterocycles. The second kappa shape index (κ2) is 7.13. The number of rotatable bonds is 2. The third-order valence-corrected chi connectivity index (χ3v) is 15.6. The van der Waals surface area contributed by atoms with E-state index < -0.39 is 8.32 Å². The van der Waals surface area contributed by atoms with Gasteiger partial charge in [-0.1, -0.05) is 34.6 Å². The molecule has 0 N–H and O–H groups in total. The summed E-state index contributed by atoms with van der Waals surface area (Å²) in [5.74, 6) is 7.36. The fraction of sp³-hybridized carbons (Fsp3) is 0.926. The van der Waals surface area contributed by atoms with E-state index in [1.54, 1.807) is 0 Å². The third-order valence-electron chi connectivity index (χ3n) is 11.1. The standard InChI is InChI=1S/C27H46OSi/c1-9-19-11-13-23-22-12-10-20-18-21(28-29(7,8)25(2,3)4)14-16-27(20,6)24(22)15-17-26(19,23)5/h1,19-24H,10-18H2,2-8H3/t19-,20-,21+,22-,23-,24-,26+,27-/m0/s1. The molecule has 0 heterocycles. The summed E-state index contributed by atoms with van der Waals surface area (Å²) in [5.41, 5.74) is 0.980. The van der Waals surface area contributed by atoms with E-state index in [1.807, 2.05) is 0 Å². The molecule has 164 valence electrons. The van der Waals surface area contributed by atoms with Crippen LogP contribution in [0.1, 0.15) is 92.4 Å². The molecule has 4 fully saturated rings. The average molecular weight is 415 g/mol. The van der Waals surface area contributed by atoms with Crippen LogP contribution in [0.15, 0.2) is 0 Å². The number of hydrogen-bond acceptors (Lipinski definition) is 1. The molecule has 0 aromatic carbocycles. The minimum absolute atomic E-state index is 0.315. The summed E-state index contributed by atoms with van der Waals surface area (Å²) in [7, 11) is -1.67. The van der Waals surface area contributed by atoms with E-state index in [0.29, 0.717) is 27.9 Å². The summed E-state index contributed by atoms with van der Waals surface area (Å²) >= 11 is 0. The molecular formula is C27H46OSi. The Bertz CT molecular complexity index is 669. The van der Waals surface area contributed by atoms with Gasteiger partial charge in [0.2, 0.25) is 0 Å². The Labute approximate surface area is 182 Å². The highest BCUT2D eigenvalue weighted by molar-refractivity contribution is 6.74. The van der Waals surface area contributed by atoms with Crippen LogP contribution in [0.3, 0.4) is 0 Å². The minimum atomic E-state index is -1.67. The van der Waals surface area contributed by atoms with E-state index in [9.17, 15) is 0 Å². The summed E-state index contributed by atoms with van der Waals surface area (Å²) in [6.45, 7) is 17.2. The maximum absolute atomic E-state index is 6.90. The SMILES string of the molecule is C#C[C@H]1CC[C@H]2[C@@H]3CC[C@H]4C[C@H](O[Si](C)(C)C(C)(C)C)CC[C@]4(C)[C@H]3CC[C@]12C. The highest BCUT2D eigenvalue weighted by atomic mass is 28.4. The zero-order valence-corrected chi connectivity index (χ0v) is 21.3. The van der Waals surface area contributed by atoms with E-state index in [1.165, 1.54) is 57.8 Å². The van der Waals surface area contributed by atoms with Gasteiger partial charge in [0.15, 0.2) is 8.32 Å². The van der Waals surface area contributed by atoms with E-state index in [4.69, 9.17) is 10.8 Å². The molecule has 0 radical (unpaired) electrons. The largest absolute Gasteiger partial charge is 0.414 e. The molecule has 2 heteroatoms. The molecule has 4 aliphatic rings. The van der Waals surface area contributed by atoms with Crippen molar-refractivity contribution >= 4 is 8.32 Å². The summed E-state index contributed by atoms with van der Waals surface area (Å²) in [6.07, 6.45) is 18.8. The van der Waals surface area contributed by atoms with Crippen molar-refractivity contribution in [3.05, 3.63) is 0 Å². The molecule has 0 unspecified atom stereocenters. The molecule has 0 aromatic heterocycles. The summed E-state index contributed by atoms with van der Waals surface area (Å²) in [5, 5.41) is 0.315. The molecule has 8 atom stereocenters. The van der Waals surface area contributed by atoms with Gasteiger partial charge in [-0.15, -0.1) is 12.3 Å². The topological polar surface area (TPSA) is 9.23 Å². The summed E-state index contributed by atoms with van der Waals surface area (Å²) < 4.78 is 6.90. The zero-order valence-electron chi connectivity index (χ0n) is 20.3. The fourth-order valence-corrected chi connectivity index (χ4v) is 9.59. The van der Waals surface area contributed by atoms with Crippen molar-refractivity contribution in [1.82, 2.24) is 0 Å². The van der Waals surface area contributed by atoms with Crippen molar-refractivity contribution in [2.24, 2.45) is 40.4 Å². The molecule has 0 spiro atoms. The predicted octanol–water partition coefficient (Wildman–Crippen LogP) is 7.67. The number of terminal acetylenes is 1. The molecule has 1 nitrogen and oxygen atoms in total. The quantitative estimate of drug-likeness (QED) is 0.333. The Balaban J connectivity index is 1.48. The molecule has 4 aliphatic carbocycles. The maximum atomic E-state index is 6.90. The molecule has 4 rings (SSSR count). The molecule has 0 amide bonds. The lowest BCUT2D eigenvalue weighted by Gasteiger charge is -2.61. The second-order valence-corrected chi connectivity index (χ2v) is 18.0. The Morgan fingerprint density at radius 1 is 0.897 bits per heavy atom.